The standard InChI is InChI=1S/C16H25BrN2O2/c1-5-19(6-2)16(20)12(4)21-15-13(10-11(3)18)8-7-9-14(15)17/h7-9,11-12H,5-6,10,18H2,1-4H3. The molecule has 1 aromatic carbocycles. The second-order valence-corrected chi connectivity index (χ2v) is 6.03. The molecule has 0 aromatic heterocycles. The van der Waals surface area contributed by atoms with Gasteiger partial charge in [0.05, 0.1) is 4.47 Å². The number of amides is 1. The van der Waals surface area contributed by atoms with E-state index in [1.54, 1.807) is 11.8 Å². The van der Waals surface area contributed by atoms with Gasteiger partial charge in [-0.2, -0.15) is 0 Å². The molecule has 1 amide bonds. The van der Waals surface area contributed by atoms with E-state index in [0.29, 0.717) is 25.3 Å². The molecular weight excluding hydrogens is 332 g/mol. The van der Waals surface area contributed by atoms with Gasteiger partial charge in [0.1, 0.15) is 5.75 Å². The van der Waals surface area contributed by atoms with E-state index in [4.69, 9.17) is 10.5 Å². The monoisotopic (exact) mass is 356 g/mol. The van der Waals surface area contributed by atoms with E-state index in [-0.39, 0.29) is 11.9 Å². The van der Waals surface area contributed by atoms with Crippen LogP contribution in [0, 0.1) is 0 Å². The Kier molecular flexibility index (Phi) is 7.18. The lowest BCUT2D eigenvalue weighted by Gasteiger charge is -2.25. The molecule has 2 unspecified atom stereocenters. The summed E-state index contributed by atoms with van der Waals surface area (Å²) in [4.78, 5) is 14.1. The van der Waals surface area contributed by atoms with Crippen molar-refractivity contribution in [2.75, 3.05) is 13.1 Å². The van der Waals surface area contributed by atoms with Crippen molar-refractivity contribution in [3.05, 3.63) is 28.2 Å². The molecule has 0 saturated heterocycles. The van der Waals surface area contributed by atoms with Crippen molar-refractivity contribution in [2.24, 2.45) is 5.73 Å². The number of nitrogens with zero attached hydrogens (tertiary/aromatic N) is 1. The molecule has 0 spiro atoms. The molecule has 4 nitrogen and oxygen atoms in total. The summed E-state index contributed by atoms with van der Waals surface area (Å²) in [7, 11) is 0. The first kappa shape index (κ1) is 18.0. The van der Waals surface area contributed by atoms with Crippen molar-refractivity contribution in [2.45, 2.75) is 46.3 Å². The lowest BCUT2D eigenvalue weighted by Crippen LogP contribution is -2.40. The summed E-state index contributed by atoms with van der Waals surface area (Å²) >= 11 is 3.50. The highest BCUT2D eigenvalue weighted by Crippen LogP contribution is 2.31. The second-order valence-electron chi connectivity index (χ2n) is 5.18. The van der Waals surface area contributed by atoms with Crippen LogP contribution in [-0.2, 0) is 11.2 Å². The van der Waals surface area contributed by atoms with Gasteiger partial charge >= 0.3 is 0 Å². The van der Waals surface area contributed by atoms with Crippen LogP contribution in [-0.4, -0.2) is 36.0 Å². The van der Waals surface area contributed by atoms with Crippen molar-refractivity contribution in [3.63, 3.8) is 0 Å². The molecule has 0 radical (unpaired) electrons. The minimum absolute atomic E-state index is 0.00231. The fourth-order valence-corrected chi connectivity index (χ4v) is 2.71. The van der Waals surface area contributed by atoms with Gasteiger partial charge in [0.2, 0.25) is 0 Å². The van der Waals surface area contributed by atoms with Gasteiger partial charge in [-0.05, 0) is 61.7 Å². The first-order valence-electron chi connectivity index (χ1n) is 7.39. The lowest BCUT2D eigenvalue weighted by atomic mass is 10.1. The van der Waals surface area contributed by atoms with Crippen LogP contribution in [0.15, 0.2) is 22.7 Å². The zero-order valence-corrected chi connectivity index (χ0v) is 14.8. The van der Waals surface area contributed by atoms with Crippen LogP contribution >= 0.6 is 15.9 Å². The average molecular weight is 357 g/mol. The molecule has 1 aromatic rings. The van der Waals surface area contributed by atoms with Crippen LogP contribution in [0.5, 0.6) is 5.75 Å². The van der Waals surface area contributed by atoms with E-state index in [1.165, 1.54) is 0 Å². The van der Waals surface area contributed by atoms with Crippen molar-refractivity contribution in [1.82, 2.24) is 4.90 Å². The third-order valence-electron chi connectivity index (χ3n) is 3.31. The third kappa shape index (κ3) is 5.00. The highest BCUT2D eigenvalue weighted by atomic mass is 79.9. The molecule has 0 aliphatic carbocycles. The Hall–Kier alpha value is -1.07. The molecule has 0 aliphatic heterocycles. The highest BCUT2D eigenvalue weighted by molar-refractivity contribution is 9.10. The SMILES string of the molecule is CCN(CC)C(=O)C(C)Oc1c(Br)cccc1CC(C)N. The molecule has 1 rings (SSSR count). The van der Waals surface area contributed by atoms with Crippen molar-refractivity contribution in [1.29, 1.82) is 0 Å². The normalized spacial score (nSPS) is 13.6. The van der Waals surface area contributed by atoms with Crippen LogP contribution in [0.1, 0.15) is 33.3 Å². The first-order chi connectivity index (χ1) is 9.90. The summed E-state index contributed by atoms with van der Waals surface area (Å²) in [5.41, 5.74) is 6.89. The fraction of sp³-hybridized carbons (Fsp3) is 0.562. The van der Waals surface area contributed by atoms with Crippen molar-refractivity contribution >= 4 is 21.8 Å². The van der Waals surface area contributed by atoms with Crippen LogP contribution in [0.25, 0.3) is 0 Å². The molecule has 0 heterocycles. The van der Waals surface area contributed by atoms with Crippen molar-refractivity contribution < 1.29 is 9.53 Å². The zero-order chi connectivity index (χ0) is 16.0. The molecule has 5 heteroatoms. The maximum Gasteiger partial charge on any atom is 0.263 e. The smallest absolute Gasteiger partial charge is 0.263 e. The number of likely N-dealkylation sites (N-methyl/N-ethyl adjacent to an activating group) is 1. The van der Waals surface area contributed by atoms with Gasteiger partial charge < -0.3 is 15.4 Å². The number of hydrogen-bond donors (Lipinski definition) is 1. The van der Waals surface area contributed by atoms with Gasteiger partial charge in [0, 0.05) is 19.1 Å². The van der Waals surface area contributed by atoms with E-state index in [2.05, 4.69) is 15.9 Å². The van der Waals surface area contributed by atoms with Gasteiger partial charge in [0.15, 0.2) is 6.10 Å². The van der Waals surface area contributed by atoms with E-state index in [1.807, 2.05) is 39.0 Å². The number of hydrogen-bond acceptors (Lipinski definition) is 3. The Bertz CT molecular complexity index is 473. The number of ether oxygens (including phenoxy) is 1. The number of carbonyl (C=O) groups is 1. The molecule has 2 N–H and O–H groups in total. The Labute approximate surface area is 135 Å². The Morgan fingerprint density at radius 1 is 1.33 bits per heavy atom. The number of rotatable bonds is 7. The fourth-order valence-electron chi connectivity index (χ4n) is 2.21. The summed E-state index contributed by atoms with van der Waals surface area (Å²) in [5.74, 6) is 0.713. The first-order valence-corrected chi connectivity index (χ1v) is 8.18. The van der Waals surface area contributed by atoms with Crippen LogP contribution in [0.3, 0.4) is 0 Å². The van der Waals surface area contributed by atoms with E-state index >= 15 is 0 Å². The predicted molar refractivity (Wildman–Crippen MR) is 89.5 cm³/mol. The minimum atomic E-state index is -0.518. The van der Waals surface area contributed by atoms with Crippen LogP contribution < -0.4 is 10.5 Å². The highest BCUT2D eigenvalue weighted by Gasteiger charge is 2.22. The van der Waals surface area contributed by atoms with E-state index in [9.17, 15) is 4.79 Å². The van der Waals surface area contributed by atoms with Crippen LogP contribution in [0.2, 0.25) is 0 Å². The average Bonchev–Trinajstić information content (AvgIpc) is 2.43. The molecule has 0 bridgehead atoms. The quantitative estimate of drug-likeness (QED) is 0.816. The number of para-hydroxylation sites is 1. The van der Waals surface area contributed by atoms with Crippen LogP contribution in [0.4, 0.5) is 0 Å². The summed E-state index contributed by atoms with van der Waals surface area (Å²) in [6.07, 6.45) is 0.191. The molecule has 2 atom stereocenters. The van der Waals surface area contributed by atoms with E-state index in [0.717, 1.165) is 10.0 Å². The molecule has 0 saturated carbocycles. The molecule has 21 heavy (non-hydrogen) atoms. The summed E-state index contributed by atoms with van der Waals surface area (Å²) in [6, 6.07) is 5.88. The largest absolute Gasteiger partial charge is 0.479 e. The lowest BCUT2D eigenvalue weighted by molar-refractivity contribution is -0.137. The Morgan fingerprint density at radius 2 is 1.95 bits per heavy atom. The molecule has 0 aliphatic rings. The van der Waals surface area contributed by atoms with Gasteiger partial charge in [-0.25, -0.2) is 0 Å². The Balaban J connectivity index is 2.93. The number of carbonyl (C=O) groups excluding carboxylic acids is 1. The van der Waals surface area contributed by atoms with Crippen molar-refractivity contribution in [3.8, 4) is 5.75 Å². The number of halogens is 1. The second kappa shape index (κ2) is 8.39. The number of nitrogens with two attached hydrogens (primary N) is 1. The topological polar surface area (TPSA) is 55.6 Å². The maximum absolute atomic E-state index is 12.3. The molecule has 118 valence electrons. The zero-order valence-electron chi connectivity index (χ0n) is 13.2. The Morgan fingerprint density at radius 3 is 2.48 bits per heavy atom. The van der Waals surface area contributed by atoms with Gasteiger partial charge in [-0.15, -0.1) is 0 Å². The maximum atomic E-state index is 12.3. The summed E-state index contributed by atoms with van der Waals surface area (Å²) < 4.78 is 6.78. The predicted octanol–water partition coefficient (Wildman–Crippen LogP) is 2.97. The number of benzene rings is 1. The minimum Gasteiger partial charge on any atom is -0.479 e. The van der Waals surface area contributed by atoms with Gasteiger partial charge in [-0.3, -0.25) is 4.79 Å². The molecular formula is C16H25BrN2O2. The summed E-state index contributed by atoms with van der Waals surface area (Å²) in [6.45, 7) is 9.05. The van der Waals surface area contributed by atoms with Gasteiger partial charge in [-0.1, -0.05) is 12.1 Å². The van der Waals surface area contributed by atoms with E-state index < -0.39 is 6.10 Å². The third-order valence-corrected chi connectivity index (χ3v) is 3.93. The molecule has 0 fully saturated rings. The van der Waals surface area contributed by atoms with Gasteiger partial charge in [0.25, 0.3) is 5.91 Å². The summed E-state index contributed by atoms with van der Waals surface area (Å²) in [5, 5.41) is 0.